The summed E-state index contributed by atoms with van der Waals surface area (Å²) in [6.45, 7) is 3.52. The summed E-state index contributed by atoms with van der Waals surface area (Å²) in [4.78, 5) is 11.1. The highest BCUT2D eigenvalue weighted by molar-refractivity contribution is 5.94. The maximum atomic E-state index is 13.7. The van der Waals surface area contributed by atoms with Crippen molar-refractivity contribution in [1.82, 2.24) is 0 Å². The summed E-state index contributed by atoms with van der Waals surface area (Å²) < 4.78 is 13.7. The van der Waals surface area contributed by atoms with Crippen molar-refractivity contribution in [3.63, 3.8) is 0 Å². The molecule has 0 unspecified atom stereocenters. The molecule has 1 rings (SSSR count). The largest absolute Gasteiger partial charge is 0.478 e. The molecule has 0 aliphatic rings. The van der Waals surface area contributed by atoms with E-state index in [0.717, 1.165) is 0 Å². The molecule has 1 aromatic rings. The molecule has 0 saturated heterocycles. The van der Waals surface area contributed by atoms with Gasteiger partial charge >= 0.3 is 5.97 Å². The fourth-order valence-electron chi connectivity index (χ4n) is 1.78. The third-order valence-corrected chi connectivity index (χ3v) is 3.29. The number of carbonyl (C=O) groups is 1. The Labute approximate surface area is 105 Å². The molecule has 0 radical (unpaired) electrons. The normalized spacial score (nSPS) is 11.3. The van der Waals surface area contributed by atoms with E-state index in [4.69, 9.17) is 5.11 Å². The lowest BCUT2D eigenvalue weighted by atomic mass is 9.93. The van der Waals surface area contributed by atoms with Gasteiger partial charge in [-0.1, -0.05) is 19.9 Å². The Morgan fingerprint density at radius 3 is 2.44 bits per heavy atom. The van der Waals surface area contributed by atoms with Gasteiger partial charge in [-0.05, 0) is 25.0 Å². The molecule has 0 fully saturated rings. The third kappa shape index (κ3) is 2.79. The Hall–Kier alpha value is -1.62. The van der Waals surface area contributed by atoms with E-state index in [1.807, 2.05) is 13.8 Å². The van der Waals surface area contributed by atoms with Crippen LogP contribution >= 0.6 is 0 Å². The van der Waals surface area contributed by atoms with Crippen LogP contribution in [-0.2, 0) is 0 Å². The zero-order valence-electron chi connectivity index (χ0n) is 10.5. The number of nitrogens with one attached hydrogen (secondary N) is 1. The molecule has 0 bridgehead atoms. The highest BCUT2D eigenvalue weighted by atomic mass is 19.1. The highest BCUT2D eigenvalue weighted by Crippen LogP contribution is 2.27. The van der Waals surface area contributed by atoms with E-state index in [-0.39, 0.29) is 17.9 Å². The predicted molar refractivity (Wildman–Crippen MR) is 67.4 cm³/mol. The van der Waals surface area contributed by atoms with Crippen LogP contribution in [0.25, 0.3) is 0 Å². The number of carboxylic acid groups (broad SMARTS) is 1. The van der Waals surface area contributed by atoms with Crippen LogP contribution in [0.1, 0.15) is 37.0 Å². The lowest BCUT2D eigenvalue weighted by molar-refractivity contribution is 0.0697. The number of halogens is 1. The second kappa shape index (κ2) is 5.82. The molecule has 0 spiro atoms. The zero-order valence-corrected chi connectivity index (χ0v) is 10.5. The van der Waals surface area contributed by atoms with Crippen LogP contribution in [0.4, 0.5) is 10.1 Å². The summed E-state index contributed by atoms with van der Waals surface area (Å²) in [5, 5.41) is 21.3. The van der Waals surface area contributed by atoms with Crippen LogP contribution in [0.15, 0.2) is 18.2 Å². The summed E-state index contributed by atoms with van der Waals surface area (Å²) >= 11 is 0. The number of hydrogen-bond donors (Lipinski definition) is 3. The minimum absolute atomic E-state index is 0.0669. The lowest BCUT2D eigenvalue weighted by Crippen LogP contribution is -2.41. The van der Waals surface area contributed by atoms with Gasteiger partial charge in [-0.25, -0.2) is 9.18 Å². The van der Waals surface area contributed by atoms with Crippen molar-refractivity contribution in [2.24, 2.45) is 0 Å². The van der Waals surface area contributed by atoms with E-state index in [1.54, 1.807) is 0 Å². The van der Waals surface area contributed by atoms with E-state index >= 15 is 0 Å². The van der Waals surface area contributed by atoms with Gasteiger partial charge in [-0.15, -0.1) is 0 Å². The number of aromatic carboxylic acids is 1. The first kappa shape index (κ1) is 14.4. The molecule has 3 N–H and O–H groups in total. The second-order valence-electron chi connectivity index (χ2n) is 4.24. The molecular formula is C13H18FNO3. The molecule has 0 amide bonds. The number of para-hydroxylation sites is 1. The first-order valence-corrected chi connectivity index (χ1v) is 5.90. The van der Waals surface area contributed by atoms with Gasteiger partial charge in [-0.3, -0.25) is 0 Å². The van der Waals surface area contributed by atoms with E-state index in [1.165, 1.54) is 18.2 Å². The molecule has 0 aromatic heterocycles. The van der Waals surface area contributed by atoms with Gasteiger partial charge in [-0.2, -0.15) is 0 Å². The van der Waals surface area contributed by atoms with Crippen molar-refractivity contribution in [1.29, 1.82) is 0 Å². The summed E-state index contributed by atoms with van der Waals surface area (Å²) in [7, 11) is 0. The topological polar surface area (TPSA) is 69.6 Å². The lowest BCUT2D eigenvalue weighted by Gasteiger charge is -2.32. The number of rotatable bonds is 6. The average molecular weight is 255 g/mol. The van der Waals surface area contributed by atoms with Crippen molar-refractivity contribution < 1.29 is 19.4 Å². The van der Waals surface area contributed by atoms with E-state index < -0.39 is 17.3 Å². The third-order valence-electron chi connectivity index (χ3n) is 3.29. The summed E-state index contributed by atoms with van der Waals surface area (Å²) in [5.41, 5.74) is -0.899. The van der Waals surface area contributed by atoms with Gasteiger partial charge < -0.3 is 15.5 Å². The Balaban J connectivity index is 3.20. The van der Waals surface area contributed by atoms with Crippen LogP contribution < -0.4 is 5.32 Å². The first-order valence-electron chi connectivity index (χ1n) is 5.90. The quantitative estimate of drug-likeness (QED) is 0.730. The highest BCUT2D eigenvalue weighted by Gasteiger charge is 2.28. The van der Waals surface area contributed by atoms with E-state index in [0.29, 0.717) is 12.8 Å². The molecule has 0 atom stereocenters. The minimum Gasteiger partial charge on any atom is -0.478 e. The number of benzene rings is 1. The zero-order chi connectivity index (χ0) is 13.8. The predicted octanol–water partition coefficient (Wildman–Crippen LogP) is 2.49. The summed E-state index contributed by atoms with van der Waals surface area (Å²) in [6.07, 6.45) is 1.13. The molecule has 1 aromatic carbocycles. The van der Waals surface area contributed by atoms with E-state index in [2.05, 4.69) is 5.32 Å². The van der Waals surface area contributed by atoms with Crippen molar-refractivity contribution in [2.45, 2.75) is 32.2 Å². The number of hydrogen-bond acceptors (Lipinski definition) is 3. The molecular weight excluding hydrogens is 237 g/mol. The Morgan fingerprint density at radius 1 is 1.39 bits per heavy atom. The number of anilines is 1. The Bertz CT molecular complexity index is 422. The number of aliphatic hydroxyl groups is 1. The number of carboxylic acids is 1. The maximum absolute atomic E-state index is 13.7. The van der Waals surface area contributed by atoms with Gasteiger partial charge in [0.05, 0.1) is 23.4 Å². The Morgan fingerprint density at radius 2 is 2.00 bits per heavy atom. The summed E-state index contributed by atoms with van der Waals surface area (Å²) in [5.74, 6) is -1.83. The minimum atomic E-state index is -1.20. The molecule has 4 nitrogen and oxygen atoms in total. The molecule has 18 heavy (non-hydrogen) atoms. The molecule has 5 heteroatoms. The molecule has 0 heterocycles. The van der Waals surface area contributed by atoms with Crippen LogP contribution in [0.5, 0.6) is 0 Å². The van der Waals surface area contributed by atoms with Crippen molar-refractivity contribution >= 4 is 11.7 Å². The van der Waals surface area contributed by atoms with Crippen LogP contribution in [-0.4, -0.2) is 28.3 Å². The van der Waals surface area contributed by atoms with Gasteiger partial charge in [0.1, 0.15) is 5.82 Å². The standard InChI is InChI=1S/C13H18FNO3/c1-3-13(4-2,8-16)15-11-9(12(17)18)6-5-7-10(11)14/h5-7,15-16H,3-4,8H2,1-2H3,(H,17,18). The van der Waals surface area contributed by atoms with Crippen molar-refractivity contribution in [3.05, 3.63) is 29.6 Å². The second-order valence-corrected chi connectivity index (χ2v) is 4.24. The maximum Gasteiger partial charge on any atom is 0.337 e. The first-order chi connectivity index (χ1) is 8.49. The molecule has 0 aliphatic heterocycles. The van der Waals surface area contributed by atoms with Gasteiger partial charge in [0.15, 0.2) is 0 Å². The van der Waals surface area contributed by atoms with Crippen LogP contribution in [0.3, 0.4) is 0 Å². The molecule has 0 aliphatic carbocycles. The Kier molecular flexibility index (Phi) is 4.67. The van der Waals surface area contributed by atoms with Gasteiger partial charge in [0.2, 0.25) is 0 Å². The fourth-order valence-corrected chi connectivity index (χ4v) is 1.78. The molecule has 0 saturated carbocycles. The number of aliphatic hydroxyl groups excluding tert-OH is 1. The van der Waals surface area contributed by atoms with Crippen molar-refractivity contribution in [2.75, 3.05) is 11.9 Å². The fraction of sp³-hybridized carbons (Fsp3) is 0.462. The average Bonchev–Trinajstić information content (AvgIpc) is 2.37. The van der Waals surface area contributed by atoms with E-state index in [9.17, 15) is 14.3 Å². The SMILES string of the molecule is CCC(CC)(CO)Nc1c(F)cccc1C(=O)O. The summed E-state index contributed by atoms with van der Waals surface area (Å²) in [6, 6.07) is 3.88. The monoisotopic (exact) mass is 255 g/mol. The van der Waals surface area contributed by atoms with Crippen LogP contribution in [0, 0.1) is 5.82 Å². The molecule has 100 valence electrons. The smallest absolute Gasteiger partial charge is 0.337 e. The van der Waals surface area contributed by atoms with Gasteiger partial charge in [0.25, 0.3) is 0 Å². The van der Waals surface area contributed by atoms with Gasteiger partial charge in [0, 0.05) is 0 Å². The van der Waals surface area contributed by atoms with Crippen molar-refractivity contribution in [3.8, 4) is 0 Å². The van der Waals surface area contributed by atoms with Crippen LogP contribution in [0.2, 0.25) is 0 Å².